The van der Waals surface area contributed by atoms with E-state index >= 15 is 0 Å². The normalized spacial score (nSPS) is 11.2. The minimum atomic E-state index is 0.628. The molecule has 0 atom stereocenters. The lowest BCUT2D eigenvalue weighted by Crippen LogP contribution is -2.15. The van der Waals surface area contributed by atoms with E-state index in [1.54, 1.807) is 0 Å². The SMILES string of the molecule is CCCCc1nc(Cl)c(CNCCCCCCSC)[nH]1. The van der Waals surface area contributed by atoms with Gasteiger partial charge in [0, 0.05) is 13.0 Å². The van der Waals surface area contributed by atoms with Crippen LogP contribution >= 0.6 is 23.4 Å². The zero-order chi connectivity index (χ0) is 14.6. The highest BCUT2D eigenvalue weighted by Crippen LogP contribution is 2.14. The Morgan fingerprint density at radius 3 is 2.75 bits per heavy atom. The van der Waals surface area contributed by atoms with Crippen molar-refractivity contribution >= 4 is 23.4 Å². The highest BCUT2D eigenvalue weighted by Gasteiger charge is 2.07. The Morgan fingerprint density at radius 1 is 1.20 bits per heavy atom. The van der Waals surface area contributed by atoms with Gasteiger partial charge in [-0.25, -0.2) is 4.98 Å². The number of nitrogens with zero attached hydrogens (tertiary/aromatic N) is 1. The summed E-state index contributed by atoms with van der Waals surface area (Å²) in [5.74, 6) is 2.31. The van der Waals surface area contributed by atoms with Gasteiger partial charge in [-0.1, -0.05) is 37.8 Å². The van der Waals surface area contributed by atoms with Crippen LogP contribution in [0.2, 0.25) is 5.15 Å². The quantitative estimate of drug-likeness (QED) is 0.561. The lowest BCUT2D eigenvalue weighted by molar-refractivity contribution is 0.595. The molecule has 1 heterocycles. The average molecular weight is 318 g/mol. The molecule has 0 spiro atoms. The molecule has 0 amide bonds. The van der Waals surface area contributed by atoms with Crippen molar-refractivity contribution < 1.29 is 0 Å². The maximum atomic E-state index is 6.14. The van der Waals surface area contributed by atoms with Crippen molar-refractivity contribution in [3.8, 4) is 0 Å². The maximum absolute atomic E-state index is 6.14. The van der Waals surface area contributed by atoms with E-state index in [-0.39, 0.29) is 0 Å². The van der Waals surface area contributed by atoms with Crippen LogP contribution in [0, 0.1) is 0 Å². The molecule has 1 aromatic heterocycles. The van der Waals surface area contributed by atoms with Gasteiger partial charge in [0.05, 0.1) is 5.69 Å². The van der Waals surface area contributed by atoms with E-state index in [4.69, 9.17) is 11.6 Å². The first-order valence-electron chi connectivity index (χ1n) is 7.70. The van der Waals surface area contributed by atoms with Crippen molar-refractivity contribution in [2.75, 3.05) is 18.6 Å². The second kappa shape index (κ2) is 11.5. The molecule has 0 aromatic carbocycles. The monoisotopic (exact) mass is 317 g/mol. The van der Waals surface area contributed by atoms with Gasteiger partial charge in [-0.15, -0.1) is 0 Å². The number of H-pyrrole nitrogens is 1. The van der Waals surface area contributed by atoms with E-state index in [0.717, 1.165) is 37.4 Å². The molecule has 116 valence electrons. The van der Waals surface area contributed by atoms with E-state index in [1.165, 1.54) is 37.9 Å². The summed E-state index contributed by atoms with van der Waals surface area (Å²) in [7, 11) is 0. The summed E-state index contributed by atoms with van der Waals surface area (Å²) in [5, 5.41) is 4.07. The van der Waals surface area contributed by atoms with Gasteiger partial charge in [0.15, 0.2) is 5.15 Å². The second-order valence-corrected chi connectivity index (χ2v) is 6.48. The summed E-state index contributed by atoms with van der Waals surface area (Å²) in [6, 6.07) is 0. The first-order valence-corrected chi connectivity index (χ1v) is 9.48. The van der Waals surface area contributed by atoms with Gasteiger partial charge in [0.25, 0.3) is 0 Å². The number of unbranched alkanes of at least 4 members (excludes halogenated alkanes) is 4. The van der Waals surface area contributed by atoms with Crippen LogP contribution < -0.4 is 5.32 Å². The van der Waals surface area contributed by atoms with Crippen LogP contribution in [0.15, 0.2) is 0 Å². The van der Waals surface area contributed by atoms with Gasteiger partial charge in [-0.2, -0.15) is 11.8 Å². The third-order valence-electron chi connectivity index (χ3n) is 3.30. The molecule has 1 rings (SSSR count). The van der Waals surface area contributed by atoms with Crippen LogP contribution in [0.3, 0.4) is 0 Å². The van der Waals surface area contributed by atoms with Gasteiger partial charge in [0.1, 0.15) is 5.82 Å². The molecule has 0 bridgehead atoms. The van der Waals surface area contributed by atoms with Crippen molar-refractivity contribution in [2.45, 2.75) is 58.4 Å². The zero-order valence-corrected chi connectivity index (χ0v) is 14.4. The molecule has 2 N–H and O–H groups in total. The number of halogens is 1. The molecule has 0 fully saturated rings. The summed E-state index contributed by atoms with van der Waals surface area (Å²) in [5.41, 5.74) is 1.03. The van der Waals surface area contributed by atoms with E-state index in [0.29, 0.717) is 5.15 Å². The Kier molecular flexibility index (Phi) is 10.2. The molecule has 0 aliphatic carbocycles. The third-order valence-corrected chi connectivity index (χ3v) is 4.31. The molecular weight excluding hydrogens is 290 g/mol. The molecule has 0 saturated carbocycles. The molecule has 5 heteroatoms. The standard InChI is InChI=1S/C15H28ClN3S/c1-3-4-9-14-18-13(15(16)19-14)12-17-10-7-5-6-8-11-20-2/h17H,3-12H2,1-2H3,(H,18,19). The average Bonchev–Trinajstić information content (AvgIpc) is 2.80. The van der Waals surface area contributed by atoms with Crippen LogP contribution in [0.25, 0.3) is 0 Å². The van der Waals surface area contributed by atoms with Crippen molar-refractivity contribution in [1.82, 2.24) is 15.3 Å². The Balaban J connectivity index is 2.10. The van der Waals surface area contributed by atoms with E-state index in [1.807, 2.05) is 11.8 Å². The number of aromatic amines is 1. The molecule has 0 aliphatic heterocycles. The van der Waals surface area contributed by atoms with Gasteiger partial charge >= 0.3 is 0 Å². The number of hydrogen-bond donors (Lipinski definition) is 2. The van der Waals surface area contributed by atoms with Crippen molar-refractivity contribution in [3.63, 3.8) is 0 Å². The molecule has 0 unspecified atom stereocenters. The fourth-order valence-corrected chi connectivity index (χ4v) is 2.79. The second-order valence-electron chi connectivity index (χ2n) is 5.14. The van der Waals surface area contributed by atoms with Crippen molar-refractivity contribution in [2.24, 2.45) is 0 Å². The van der Waals surface area contributed by atoms with Crippen LogP contribution in [-0.4, -0.2) is 28.5 Å². The van der Waals surface area contributed by atoms with Gasteiger partial charge in [-0.05, 0) is 37.8 Å². The van der Waals surface area contributed by atoms with Crippen LogP contribution in [0.1, 0.15) is 57.0 Å². The highest BCUT2D eigenvalue weighted by atomic mass is 35.5. The first-order chi connectivity index (χ1) is 9.77. The minimum absolute atomic E-state index is 0.628. The summed E-state index contributed by atoms with van der Waals surface area (Å²) in [6.07, 6.45) is 10.7. The van der Waals surface area contributed by atoms with E-state index in [2.05, 4.69) is 28.5 Å². The smallest absolute Gasteiger partial charge is 0.151 e. The summed E-state index contributed by atoms with van der Waals surface area (Å²) in [4.78, 5) is 7.69. The Labute approximate surface area is 132 Å². The lowest BCUT2D eigenvalue weighted by atomic mass is 10.2. The van der Waals surface area contributed by atoms with Crippen molar-refractivity contribution in [3.05, 3.63) is 16.7 Å². The van der Waals surface area contributed by atoms with Gasteiger partial charge in [0.2, 0.25) is 0 Å². The molecule has 0 aliphatic rings. The fraction of sp³-hybridized carbons (Fsp3) is 0.800. The number of thioether (sulfide) groups is 1. The Hall–Kier alpha value is -0.190. The van der Waals surface area contributed by atoms with Gasteiger partial charge < -0.3 is 10.3 Å². The summed E-state index contributed by atoms with van der Waals surface area (Å²) < 4.78 is 0. The molecule has 20 heavy (non-hydrogen) atoms. The topological polar surface area (TPSA) is 40.7 Å². The molecule has 3 nitrogen and oxygen atoms in total. The molecule has 1 aromatic rings. The number of aryl methyl sites for hydroxylation is 1. The van der Waals surface area contributed by atoms with E-state index < -0.39 is 0 Å². The Bertz CT molecular complexity index is 355. The molecule has 0 radical (unpaired) electrons. The number of imidazole rings is 1. The van der Waals surface area contributed by atoms with Crippen LogP contribution in [0.4, 0.5) is 0 Å². The molecular formula is C15H28ClN3S. The molecule has 0 saturated heterocycles. The maximum Gasteiger partial charge on any atom is 0.151 e. The summed E-state index contributed by atoms with van der Waals surface area (Å²) in [6.45, 7) is 4.04. The predicted octanol–water partition coefficient (Wildman–Crippen LogP) is 4.42. The number of nitrogens with one attached hydrogen (secondary N) is 2. The van der Waals surface area contributed by atoms with Crippen LogP contribution in [-0.2, 0) is 13.0 Å². The van der Waals surface area contributed by atoms with Crippen molar-refractivity contribution in [1.29, 1.82) is 0 Å². The lowest BCUT2D eigenvalue weighted by Gasteiger charge is -2.03. The Morgan fingerprint density at radius 2 is 2.00 bits per heavy atom. The zero-order valence-electron chi connectivity index (χ0n) is 12.8. The number of aromatic nitrogens is 2. The van der Waals surface area contributed by atoms with E-state index in [9.17, 15) is 0 Å². The number of hydrogen-bond acceptors (Lipinski definition) is 3. The summed E-state index contributed by atoms with van der Waals surface area (Å²) >= 11 is 8.07. The third kappa shape index (κ3) is 7.55. The number of rotatable bonds is 12. The fourth-order valence-electron chi connectivity index (χ4n) is 2.08. The minimum Gasteiger partial charge on any atom is -0.344 e. The highest BCUT2D eigenvalue weighted by molar-refractivity contribution is 7.98. The van der Waals surface area contributed by atoms with Crippen LogP contribution in [0.5, 0.6) is 0 Å². The largest absolute Gasteiger partial charge is 0.344 e. The first kappa shape index (κ1) is 17.9. The predicted molar refractivity (Wildman–Crippen MR) is 90.8 cm³/mol. The van der Waals surface area contributed by atoms with Gasteiger partial charge in [-0.3, -0.25) is 0 Å².